The number of nitrogens with zero attached hydrogens (tertiary/aromatic N) is 5. The van der Waals surface area contributed by atoms with Crippen molar-refractivity contribution in [3.8, 4) is 17.0 Å². The monoisotopic (exact) mass is 402 g/mol. The lowest BCUT2D eigenvalue weighted by Gasteiger charge is -2.28. The maximum Gasteiger partial charge on any atom is 0.213 e. The second-order valence-corrected chi connectivity index (χ2v) is 7.00. The van der Waals surface area contributed by atoms with Gasteiger partial charge in [-0.1, -0.05) is 12.1 Å². The van der Waals surface area contributed by atoms with Crippen molar-refractivity contribution in [1.82, 2.24) is 19.6 Å². The van der Waals surface area contributed by atoms with Crippen LogP contribution >= 0.6 is 0 Å². The highest BCUT2D eigenvalue weighted by atomic mass is 16.5. The summed E-state index contributed by atoms with van der Waals surface area (Å²) in [6.07, 6.45) is 5.46. The average Bonchev–Trinajstić information content (AvgIpc) is 3.23. The van der Waals surface area contributed by atoms with Crippen LogP contribution in [0.4, 0.5) is 17.2 Å². The van der Waals surface area contributed by atoms with E-state index in [9.17, 15) is 0 Å². The first kappa shape index (κ1) is 18.4. The van der Waals surface area contributed by atoms with Gasteiger partial charge in [-0.25, -0.2) is 14.5 Å². The van der Waals surface area contributed by atoms with E-state index in [-0.39, 0.29) is 0 Å². The number of pyridine rings is 1. The molecule has 0 bridgehead atoms. The van der Waals surface area contributed by atoms with Gasteiger partial charge in [-0.3, -0.25) is 0 Å². The Labute approximate surface area is 174 Å². The predicted octanol–water partition coefficient (Wildman–Crippen LogP) is 3.38. The molecule has 30 heavy (non-hydrogen) atoms. The fourth-order valence-corrected chi connectivity index (χ4v) is 3.54. The maximum atomic E-state index is 5.44. The van der Waals surface area contributed by atoms with E-state index in [4.69, 9.17) is 14.5 Å². The largest absolute Gasteiger partial charge is 0.481 e. The number of hydrogen-bond donors (Lipinski definition) is 1. The van der Waals surface area contributed by atoms with E-state index < -0.39 is 0 Å². The molecular formula is C22H22N6O2. The number of fused-ring (bicyclic) bond motifs is 1. The fraction of sp³-hybridized carbons (Fsp3) is 0.227. The lowest BCUT2D eigenvalue weighted by Crippen LogP contribution is -2.36. The first-order valence-electron chi connectivity index (χ1n) is 9.85. The summed E-state index contributed by atoms with van der Waals surface area (Å²) in [6.45, 7) is 3.40. The Morgan fingerprint density at radius 3 is 2.57 bits per heavy atom. The minimum atomic E-state index is 0.572. The van der Waals surface area contributed by atoms with Gasteiger partial charge in [0.1, 0.15) is 5.82 Å². The van der Waals surface area contributed by atoms with Crippen LogP contribution in [0.2, 0.25) is 0 Å². The smallest absolute Gasteiger partial charge is 0.213 e. The molecule has 3 aromatic heterocycles. The zero-order chi connectivity index (χ0) is 20.3. The van der Waals surface area contributed by atoms with Crippen molar-refractivity contribution in [2.24, 2.45) is 0 Å². The fourth-order valence-electron chi connectivity index (χ4n) is 3.54. The third-order valence-electron chi connectivity index (χ3n) is 5.14. The summed E-state index contributed by atoms with van der Waals surface area (Å²) in [5.74, 6) is 1.30. The number of aromatic nitrogens is 4. The molecule has 152 valence electrons. The Hall–Kier alpha value is -3.65. The van der Waals surface area contributed by atoms with Gasteiger partial charge in [0.15, 0.2) is 5.65 Å². The van der Waals surface area contributed by atoms with Crippen molar-refractivity contribution in [1.29, 1.82) is 0 Å². The lowest BCUT2D eigenvalue weighted by molar-refractivity contribution is 0.122. The molecule has 5 rings (SSSR count). The molecule has 1 aliphatic heterocycles. The summed E-state index contributed by atoms with van der Waals surface area (Å²) in [5, 5.41) is 7.73. The molecule has 4 heterocycles. The number of rotatable bonds is 5. The number of anilines is 3. The molecule has 0 saturated carbocycles. The van der Waals surface area contributed by atoms with Gasteiger partial charge < -0.3 is 19.7 Å². The van der Waals surface area contributed by atoms with Crippen LogP contribution < -0.4 is 15.0 Å². The summed E-state index contributed by atoms with van der Waals surface area (Å²) < 4.78 is 12.3. The molecule has 0 atom stereocenters. The van der Waals surface area contributed by atoms with E-state index >= 15 is 0 Å². The summed E-state index contributed by atoms with van der Waals surface area (Å²) >= 11 is 0. The Morgan fingerprint density at radius 1 is 1.00 bits per heavy atom. The predicted molar refractivity (Wildman–Crippen MR) is 116 cm³/mol. The molecule has 4 aromatic rings. The van der Waals surface area contributed by atoms with Crippen LogP contribution in [0.15, 0.2) is 61.1 Å². The van der Waals surface area contributed by atoms with Crippen molar-refractivity contribution in [2.45, 2.75) is 0 Å². The minimum Gasteiger partial charge on any atom is -0.481 e. The lowest BCUT2D eigenvalue weighted by atomic mass is 10.1. The van der Waals surface area contributed by atoms with Crippen LogP contribution in [-0.2, 0) is 4.74 Å². The van der Waals surface area contributed by atoms with E-state index in [0.29, 0.717) is 5.88 Å². The zero-order valence-corrected chi connectivity index (χ0v) is 16.7. The van der Waals surface area contributed by atoms with Gasteiger partial charge in [-0.15, -0.1) is 0 Å². The molecule has 0 aliphatic carbocycles. The topological polar surface area (TPSA) is 76.8 Å². The molecule has 0 spiro atoms. The van der Waals surface area contributed by atoms with Gasteiger partial charge in [0.25, 0.3) is 0 Å². The van der Waals surface area contributed by atoms with Gasteiger partial charge in [-0.2, -0.15) is 5.10 Å². The van der Waals surface area contributed by atoms with Crippen molar-refractivity contribution >= 4 is 22.8 Å². The Kier molecular flexibility index (Phi) is 4.90. The average molecular weight is 402 g/mol. The molecule has 1 aliphatic rings. The Bertz CT molecular complexity index is 1130. The second-order valence-electron chi connectivity index (χ2n) is 7.00. The molecule has 1 N–H and O–H groups in total. The van der Waals surface area contributed by atoms with Gasteiger partial charge in [0, 0.05) is 36.6 Å². The molecule has 1 aromatic carbocycles. The van der Waals surface area contributed by atoms with Gasteiger partial charge in [0.05, 0.1) is 38.4 Å². The molecule has 0 unspecified atom stereocenters. The van der Waals surface area contributed by atoms with Crippen LogP contribution in [0.3, 0.4) is 0 Å². The van der Waals surface area contributed by atoms with Crippen molar-refractivity contribution in [2.75, 3.05) is 43.6 Å². The number of hydrogen-bond acceptors (Lipinski definition) is 7. The molecule has 8 nitrogen and oxygen atoms in total. The van der Waals surface area contributed by atoms with E-state index in [1.165, 1.54) is 5.69 Å². The number of benzene rings is 1. The highest BCUT2D eigenvalue weighted by Gasteiger charge is 2.13. The highest BCUT2D eigenvalue weighted by molar-refractivity contribution is 5.79. The van der Waals surface area contributed by atoms with Crippen molar-refractivity contribution < 1.29 is 9.47 Å². The molecule has 8 heteroatoms. The summed E-state index contributed by atoms with van der Waals surface area (Å²) in [7, 11) is 1.60. The first-order chi connectivity index (χ1) is 14.8. The summed E-state index contributed by atoms with van der Waals surface area (Å²) in [4.78, 5) is 11.3. The molecule has 0 amide bonds. The summed E-state index contributed by atoms with van der Waals surface area (Å²) in [6, 6.07) is 14.1. The van der Waals surface area contributed by atoms with E-state index in [1.54, 1.807) is 23.9 Å². The molecule has 1 fully saturated rings. The van der Waals surface area contributed by atoms with E-state index in [0.717, 1.165) is 54.6 Å². The van der Waals surface area contributed by atoms with Gasteiger partial charge in [0.2, 0.25) is 5.88 Å². The second kappa shape index (κ2) is 8.00. The quantitative estimate of drug-likeness (QED) is 0.548. The normalized spacial score (nSPS) is 14.1. The first-order valence-corrected chi connectivity index (χ1v) is 9.85. The third kappa shape index (κ3) is 3.65. The van der Waals surface area contributed by atoms with Crippen LogP contribution in [0.5, 0.6) is 5.88 Å². The standard InChI is InChI=1S/C22H22N6O2/c1-29-21-7-4-17(14-23-21)25-20-8-9-28-22(26-20)19(15-24-28)16-2-5-18(6-3-16)27-10-12-30-13-11-27/h2-9,14-15H,10-13H2,1H3,(H,25,26). The van der Waals surface area contributed by atoms with Crippen molar-refractivity contribution in [3.63, 3.8) is 0 Å². The zero-order valence-electron chi connectivity index (χ0n) is 16.7. The highest BCUT2D eigenvalue weighted by Crippen LogP contribution is 2.27. The SMILES string of the molecule is COc1ccc(Nc2ccn3ncc(-c4ccc(N5CCOCC5)cc4)c3n2)cn1. The van der Waals surface area contributed by atoms with Crippen LogP contribution in [0.25, 0.3) is 16.8 Å². The van der Waals surface area contributed by atoms with Crippen molar-refractivity contribution in [3.05, 3.63) is 61.1 Å². The van der Waals surface area contributed by atoms with Crippen LogP contribution in [0, 0.1) is 0 Å². The van der Waals surface area contributed by atoms with E-state index in [2.05, 4.69) is 44.6 Å². The van der Waals surface area contributed by atoms with Crippen LogP contribution in [-0.4, -0.2) is 53.0 Å². The summed E-state index contributed by atoms with van der Waals surface area (Å²) in [5.41, 5.74) is 4.91. The minimum absolute atomic E-state index is 0.572. The van der Waals surface area contributed by atoms with E-state index in [1.807, 2.05) is 24.5 Å². The number of nitrogens with one attached hydrogen (secondary N) is 1. The Morgan fingerprint density at radius 2 is 1.83 bits per heavy atom. The Balaban J connectivity index is 1.41. The third-order valence-corrected chi connectivity index (χ3v) is 5.14. The number of morpholine rings is 1. The van der Waals surface area contributed by atoms with Crippen LogP contribution in [0.1, 0.15) is 0 Å². The number of ether oxygens (including phenoxy) is 2. The van der Waals surface area contributed by atoms with Gasteiger partial charge in [-0.05, 0) is 29.8 Å². The maximum absolute atomic E-state index is 5.44. The van der Waals surface area contributed by atoms with Gasteiger partial charge >= 0.3 is 0 Å². The molecule has 0 radical (unpaired) electrons. The molecular weight excluding hydrogens is 380 g/mol. The molecule has 1 saturated heterocycles. The number of methoxy groups -OCH3 is 1.